The third-order valence-electron chi connectivity index (χ3n) is 4.50. The molecule has 1 saturated heterocycles. The Morgan fingerprint density at radius 3 is 2.08 bits per heavy atom. The molecule has 1 aliphatic rings. The van der Waals surface area contributed by atoms with E-state index in [0.29, 0.717) is 49.5 Å². The first-order valence-electron chi connectivity index (χ1n) is 8.60. The minimum Gasteiger partial charge on any atom is -0.508 e. The average Bonchev–Trinajstić information content (AvgIpc) is 2.93. The quantitative estimate of drug-likeness (QED) is 0.919. The Bertz CT molecular complexity index is 789. The van der Waals surface area contributed by atoms with Crippen LogP contribution >= 0.6 is 0 Å². The molecule has 1 aliphatic heterocycles. The van der Waals surface area contributed by atoms with Crippen molar-refractivity contribution in [3.05, 3.63) is 59.7 Å². The van der Waals surface area contributed by atoms with Gasteiger partial charge in [-0.2, -0.15) is 0 Å². The van der Waals surface area contributed by atoms with E-state index in [1.807, 2.05) is 0 Å². The van der Waals surface area contributed by atoms with Crippen LogP contribution in [0.5, 0.6) is 11.5 Å². The van der Waals surface area contributed by atoms with Gasteiger partial charge < -0.3 is 19.6 Å². The van der Waals surface area contributed by atoms with E-state index in [2.05, 4.69) is 0 Å². The first-order chi connectivity index (χ1) is 12.6. The van der Waals surface area contributed by atoms with Crippen molar-refractivity contribution in [2.75, 3.05) is 33.3 Å². The summed E-state index contributed by atoms with van der Waals surface area (Å²) in [7, 11) is 1.59. The van der Waals surface area contributed by atoms with Gasteiger partial charge in [0.1, 0.15) is 11.5 Å². The SMILES string of the molecule is COc1ccc(C(=O)N2CCCN(C(=O)c3cccc(O)c3)CC2)cc1. The molecule has 0 aromatic heterocycles. The monoisotopic (exact) mass is 354 g/mol. The van der Waals surface area contributed by atoms with E-state index in [-0.39, 0.29) is 17.6 Å². The molecule has 3 rings (SSSR count). The molecule has 2 amide bonds. The summed E-state index contributed by atoms with van der Waals surface area (Å²) in [6.07, 6.45) is 0.715. The maximum Gasteiger partial charge on any atom is 0.254 e. The molecule has 136 valence electrons. The van der Waals surface area contributed by atoms with Gasteiger partial charge in [0.2, 0.25) is 0 Å². The van der Waals surface area contributed by atoms with Crippen LogP contribution in [0.15, 0.2) is 48.5 Å². The number of phenolic OH excluding ortho intramolecular Hbond substituents is 1. The number of aromatic hydroxyl groups is 1. The predicted molar refractivity (Wildman–Crippen MR) is 97.5 cm³/mol. The van der Waals surface area contributed by atoms with Crippen LogP contribution in [-0.2, 0) is 0 Å². The Labute approximate surface area is 152 Å². The number of hydrogen-bond acceptors (Lipinski definition) is 4. The fraction of sp³-hybridized carbons (Fsp3) is 0.300. The molecule has 1 N–H and O–H groups in total. The number of nitrogens with zero attached hydrogens (tertiary/aromatic N) is 2. The molecule has 6 nitrogen and oxygen atoms in total. The summed E-state index contributed by atoms with van der Waals surface area (Å²) in [5.74, 6) is 0.612. The van der Waals surface area contributed by atoms with Crippen molar-refractivity contribution in [3.8, 4) is 11.5 Å². The Kier molecular flexibility index (Phi) is 5.41. The van der Waals surface area contributed by atoms with E-state index in [4.69, 9.17) is 4.74 Å². The lowest BCUT2D eigenvalue weighted by Gasteiger charge is -2.22. The highest BCUT2D eigenvalue weighted by Crippen LogP contribution is 2.17. The lowest BCUT2D eigenvalue weighted by atomic mass is 10.2. The highest BCUT2D eigenvalue weighted by Gasteiger charge is 2.23. The molecule has 2 aromatic carbocycles. The molecule has 26 heavy (non-hydrogen) atoms. The van der Waals surface area contributed by atoms with E-state index >= 15 is 0 Å². The van der Waals surface area contributed by atoms with Crippen LogP contribution in [0.25, 0.3) is 0 Å². The number of rotatable bonds is 3. The van der Waals surface area contributed by atoms with Crippen molar-refractivity contribution in [1.29, 1.82) is 0 Å². The molecule has 0 bridgehead atoms. The number of carbonyl (C=O) groups is 2. The summed E-state index contributed by atoms with van der Waals surface area (Å²) < 4.78 is 5.12. The van der Waals surface area contributed by atoms with Crippen LogP contribution in [-0.4, -0.2) is 60.0 Å². The Morgan fingerprint density at radius 2 is 1.50 bits per heavy atom. The Morgan fingerprint density at radius 1 is 0.885 bits per heavy atom. The van der Waals surface area contributed by atoms with Crippen molar-refractivity contribution in [1.82, 2.24) is 9.80 Å². The van der Waals surface area contributed by atoms with E-state index < -0.39 is 0 Å². The molecule has 0 aliphatic carbocycles. The minimum atomic E-state index is -0.125. The highest BCUT2D eigenvalue weighted by molar-refractivity contribution is 5.95. The van der Waals surface area contributed by atoms with Gasteiger partial charge in [-0.15, -0.1) is 0 Å². The third kappa shape index (κ3) is 3.96. The van der Waals surface area contributed by atoms with E-state index in [1.165, 1.54) is 12.1 Å². The number of methoxy groups -OCH3 is 1. The zero-order valence-electron chi connectivity index (χ0n) is 14.7. The zero-order valence-corrected chi connectivity index (χ0v) is 14.7. The molecule has 1 fully saturated rings. The van der Waals surface area contributed by atoms with Crippen LogP contribution < -0.4 is 4.74 Å². The summed E-state index contributed by atoms with van der Waals surface area (Å²) in [4.78, 5) is 28.8. The van der Waals surface area contributed by atoms with E-state index in [9.17, 15) is 14.7 Å². The molecular weight excluding hydrogens is 332 g/mol. The standard InChI is InChI=1S/C20H22N2O4/c1-26-18-8-6-15(7-9-18)19(24)21-10-3-11-22(13-12-21)20(25)16-4-2-5-17(23)14-16/h2,4-9,14,23H,3,10-13H2,1H3. The molecule has 2 aromatic rings. The van der Waals surface area contributed by atoms with E-state index in [0.717, 1.165) is 0 Å². The lowest BCUT2D eigenvalue weighted by Crippen LogP contribution is -2.37. The van der Waals surface area contributed by atoms with Crippen molar-refractivity contribution >= 4 is 11.8 Å². The van der Waals surface area contributed by atoms with Crippen LogP contribution in [0.3, 0.4) is 0 Å². The predicted octanol–water partition coefficient (Wildman–Crippen LogP) is 2.39. The molecule has 0 unspecified atom stereocenters. The second-order valence-corrected chi connectivity index (χ2v) is 6.22. The third-order valence-corrected chi connectivity index (χ3v) is 4.50. The van der Waals surface area contributed by atoms with Gasteiger partial charge in [0.05, 0.1) is 7.11 Å². The minimum absolute atomic E-state index is 0.0423. The summed E-state index contributed by atoms with van der Waals surface area (Å²) in [5, 5.41) is 9.56. The maximum absolute atomic E-state index is 12.7. The van der Waals surface area contributed by atoms with Gasteiger partial charge >= 0.3 is 0 Å². The Hall–Kier alpha value is -3.02. The molecule has 6 heteroatoms. The number of amides is 2. The number of carbonyl (C=O) groups excluding carboxylic acids is 2. The Balaban J connectivity index is 1.65. The lowest BCUT2D eigenvalue weighted by molar-refractivity contribution is 0.0718. The molecular formula is C20H22N2O4. The van der Waals surface area contributed by atoms with Crippen molar-refractivity contribution in [3.63, 3.8) is 0 Å². The van der Waals surface area contributed by atoms with Crippen molar-refractivity contribution in [2.45, 2.75) is 6.42 Å². The topological polar surface area (TPSA) is 70.1 Å². The summed E-state index contributed by atoms with van der Waals surface area (Å²) in [5.41, 5.74) is 1.07. The second kappa shape index (κ2) is 7.91. The van der Waals surface area contributed by atoms with Crippen molar-refractivity contribution in [2.24, 2.45) is 0 Å². The van der Waals surface area contributed by atoms with Gasteiger partial charge in [0, 0.05) is 37.3 Å². The summed E-state index contributed by atoms with van der Waals surface area (Å²) in [6, 6.07) is 13.4. The highest BCUT2D eigenvalue weighted by atomic mass is 16.5. The first kappa shape index (κ1) is 17.8. The molecule has 0 saturated carbocycles. The van der Waals surface area contributed by atoms with Crippen LogP contribution in [0.2, 0.25) is 0 Å². The molecule has 0 radical (unpaired) electrons. The van der Waals surface area contributed by atoms with Crippen molar-refractivity contribution < 1.29 is 19.4 Å². The van der Waals surface area contributed by atoms with Gasteiger partial charge in [-0.25, -0.2) is 0 Å². The van der Waals surface area contributed by atoms with Gasteiger partial charge in [0.25, 0.3) is 11.8 Å². The van der Waals surface area contributed by atoms with Gasteiger partial charge in [-0.1, -0.05) is 6.07 Å². The second-order valence-electron chi connectivity index (χ2n) is 6.22. The summed E-state index contributed by atoms with van der Waals surface area (Å²) in [6.45, 7) is 2.14. The molecule has 1 heterocycles. The molecule has 0 atom stereocenters. The van der Waals surface area contributed by atoms with E-state index in [1.54, 1.807) is 53.3 Å². The van der Waals surface area contributed by atoms with Gasteiger partial charge in [-0.05, 0) is 48.9 Å². The van der Waals surface area contributed by atoms with Crippen LogP contribution in [0.4, 0.5) is 0 Å². The van der Waals surface area contributed by atoms with Crippen LogP contribution in [0, 0.1) is 0 Å². The number of hydrogen-bond donors (Lipinski definition) is 1. The van der Waals surface area contributed by atoms with Crippen LogP contribution in [0.1, 0.15) is 27.1 Å². The fourth-order valence-corrected chi connectivity index (χ4v) is 3.06. The molecule has 0 spiro atoms. The number of ether oxygens (including phenoxy) is 1. The normalized spacial score (nSPS) is 14.7. The number of benzene rings is 2. The number of phenols is 1. The zero-order chi connectivity index (χ0) is 18.5. The maximum atomic E-state index is 12.7. The smallest absolute Gasteiger partial charge is 0.254 e. The average molecular weight is 354 g/mol. The summed E-state index contributed by atoms with van der Waals surface area (Å²) >= 11 is 0. The first-order valence-corrected chi connectivity index (χ1v) is 8.60. The fourth-order valence-electron chi connectivity index (χ4n) is 3.06. The largest absolute Gasteiger partial charge is 0.508 e. The van der Waals surface area contributed by atoms with Gasteiger partial charge in [-0.3, -0.25) is 9.59 Å². The van der Waals surface area contributed by atoms with Gasteiger partial charge in [0.15, 0.2) is 0 Å².